The lowest BCUT2D eigenvalue weighted by Gasteiger charge is -1.98. The molecule has 0 atom stereocenters. The van der Waals surface area contributed by atoms with Crippen LogP contribution in [-0.4, -0.2) is 14.5 Å². The third-order valence-corrected chi connectivity index (χ3v) is 2.59. The predicted octanol–water partition coefficient (Wildman–Crippen LogP) is 1.98. The molecule has 0 bridgehead atoms. The van der Waals surface area contributed by atoms with Crippen molar-refractivity contribution in [3.05, 3.63) is 48.2 Å². The van der Waals surface area contributed by atoms with Crippen LogP contribution in [-0.2, 0) is 6.61 Å². The number of imidazole rings is 1. The monoisotopic (exact) mass is 198 g/mol. The van der Waals surface area contributed by atoms with Crippen LogP contribution in [0.25, 0.3) is 16.7 Å². The highest BCUT2D eigenvalue weighted by Gasteiger charge is 2.06. The first kappa shape index (κ1) is 8.44. The van der Waals surface area contributed by atoms with Crippen molar-refractivity contribution in [2.24, 2.45) is 0 Å². The molecule has 0 radical (unpaired) electrons. The van der Waals surface area contributed by atoms with Crippen LogP contribution in [0.3, 0.4) is 0 Å². The lowest BCUT2D eigenvalue weighted by Crippen LogP contribution is -1.90. The average Bonchev–Trinajstić information content (AvgIpc) is 2.67. The Bertz CT molecular complexity index is 628. The van der Waals surface area contributed by atoms with Crippen molar-refractivity contribution in [1.29, 1.82) is 0 Å². The summed E-state index contributed by atoms with van der Waals surface area (Å²) in [6, 6.07) is 11.8. The Morgan fingerprint density at radius 1 is 1.13 bits per heavy atom. The zero-order chi connectivity index (χ0) is 10.3. The topological polar surface area (TPSA) is 37.5 Å². The summed E-state index contributed by atoms with van der Waals surface area (Å²) < 4.78 is 2.00. The molecule has 3 aromatic rings. The standard InChI is InChI=1S/C12H10N2O/c15-8-9-4-3-7-14-11-6-2-1-5-10(11)13-12(9)14/h1-7,15H,8H2. The molecular formula is C12H10N2O. The lowest BCUT2D eigenvalue weighted by atomic mass is 10.3. The van der Waals surface area contributed by atoms with Gasteiger partial charge in [-0.15, -0.1) is 0 Å². The average molecular weight is 198 g/mol. The molecule has 0 spiro atoms. The molecule has 3 heteroatoms. The van der Waals surface area contributed by atoms with Crippen molar-refractivity contribution in [2.45, 2.75) is 6.61 Å². The summed E-state index contributed by atoms with van der Waals surface area (Å²) in [5, 5.41) is 9.21. The van der Waals surface area contributed by atoms with Crippen molar-refractivity contribution < 1.29 is 5.11 Å². The maximum Gasteiger partial charge on any atom is 0.143 e. The van der Waals surface area contributed by atoms with Crippen LogP contribution >= 0.6 is 0 Å². The summed E-state index contributed by atoms with van der Waals surface area (Å²) in [7, 11) is 0. The van der Waals surface area contributed by atoms with Gasteiger partial charge in [-0.1, -0.05) is 18.2 Å². The molecule has 1 N–H and O–H groups in total. The second-order valence-electron chi connectivity index (χ2n) is 3.49. The Labute approximate surface area is 86.6 Å². The number of rotatable bonds is 1. The first-order chi connectivity index (χ1) is 7.40. The van der Waals surface area contributed by atoms with Crippen molar-refractivity contribution in [3.8, 4) is 0 Å². The Kier molecular flexibility index (Phi) is 1.73. The molecule has 2 heterocycles. The number of aromatic nitrogens is 2. The van der Waals surface area contributed by atoms with Crippen molar-refractivity contribution in [1.82, 2.24) is 9.38 Å². The van der Waals surface area contributed by atoms with Gasteiger partial charge >= 0.3 is 0 Å². The van der Waals surface area contributed by atoms with Crippen LogP contribution < -0.4 is 0 Å². The van der Waals surface area contributed by atoms with E-state index >= 15 is 0 Å². The normalized spacial score (nSPS) is 11.3. The minimum Gasteiger partial charge on any atom is -0.392 e. The zero-order valence-electron chi connectivity index (χ0n) is 8.09. The summed E-state index contributed by atoms with van der Waals surface area (Å²) in [5.74, 6) is 0. The minimum atomic E-state index is 0.0215. The first-order valence-corrected chi connectivity index (χ1v) is 4.86. The van der Waals surface area contributed by atoms with Crippen LogP contribution in [0.4, 0.5) is 0 Å². The molecule has 1 aromatic carbocycles. The van der Waals surface area contributed by atoms with E-state index in [4.69, 9.17) is 0 Å². The van der Waals surface area contributed by atoms with E-state index in [0.717, 1.165) is 22.2 Å². The molecule has 0 unspecified atom stereocenters. The van der Waals surface area contributed by atoms with Gasteiger partial charge in [0.15, 0.2) is 0 Å². The molecule has 0 aliphatic carbocycles. The quantitative estimate of drug-likeness (QED) is 0.649. The summed E-state index contributed by atoms with van der Waals surface area (Å²) in [4.78, 5) is 4.49. The molecule has 3 rings (SSSR count). The number of fused-ring (bicyclic) bond motifs is 3. The highest BCUT2D eigenvalue weighted by molar-refractivity contribution is 5.81. The first-order valence-electron chi connectivity index (χ1n) is 4.86. The molecule has 15 heavy (non-hydrogen) atoms. The molecule has 0 saturated heterocycles. The number of aliphatic hydroxyl groups is 1. The number of aliphatic hydroxyl groups excluding tert-OH is 1. The van der Waals surface area contributed by atoms with Crippen LogP contribution in [0, 0.1) is 0 Å². The van der Waals surface area contributed by atoms with Crippen LogP contribution in [0.5, 0.6) is 0 Å². The van der Waals surface area contributed by atoms with Gasteiger partial charge in [0.05, 0.1) is 17.6 Å². The van der Waals surface area contributed by atoms with E-state index in [1.54, 1.807) is 0 Å². The van der Waals surface area contributed by atoms with E-state index in [1.165, 1.54) is 0 Å². The van der Waals surface area contributed by atoms with E-state index in [-0.39, 0.29) is 6.61 Å². The van der Waals surface area contributed by atoms with Gasteiger partial charge in [0.25, 0.3) is 0 Å². The predicted molar refractivity (Wildman–Crippen MR) is 58.6 cm³/mol. The van der Waals surface area contributed by atoms with Gasteiger partial charge in [-0.3, -0.25) is 4.40 Å². The summed E-state index contributed by atoms with van der Waals surface area (Å²) in [6.45, 7) is 0.0215. The smallest absolute Gasteiger partial charge is 0.143 e. The Morgan fingerprint density at radius 2 is 2.00 bits per heavy atom. The molecule has 0 aliphatic heterocycles. The third-order valence-electron chi connectivity index (χ3n) is 2.59. The fourth-order valence-corrected chi connectivity index (χ4v) is 1.87. The molecule has 0 saturated carbocycles. The zero-order valence-corrected chi connectivity index (χ0v) is 8.09. The maximum atomic E-state index is 9.21. The minimum absolute atomic E-state index is 0.0215. The fraction of sp³-hybridized carbons (Fsp3) is 0.0833. The number of hydrogen-bond acceptors (Lipinski definition) is 2. The van der Waals surface area contributed by atoms with E-state index in [2.05, 4.69) is 4.98 Å². The van der Waals surface area contributed by atoms with E-state index in [0.29, 0.717) is 0 Å². The Morgan fingerprint density at radius 3 is 2.87 bits per heavy atom. The van der Waals surface area contributed by atoms with Gasteiger partial charge in [0.1, 0.15) is 5.65 Å². The number of para-hydroxylation sites is 2. The SMILES string of the molecule is OCc1cccn2c1nc1ccccc12. The van der Waals surface area contributed by atoms with Crippen molar-refractivity contribution in [2.75, 3.05) is 0 Å². The van der Waals surface area contributed by atoms with Gasteiger partial charge < -0.3 is 5.11 Å². The number of benzene rings is 1. The maximum absolute atomic E-state index is 9.21. The second kappa shape index (κ2) is 3.07. The molecule has 74 valence electrons. The lowest BCUT2D eigenvalue weighted by molar-refractivity contribution is 0.282. The second-order valence-corrected chi connectivity index (χ2v) is 3.49. The number of nitrogens with zero attached hydrogens (tertiary/aromatic N) is 2. The van der Waals surface area contributed by atoms with Gasteiger partial charge in [0, 0.05) is 11.8 Å². The van der Waals surface area contributed by atoms with E-state index in [9.17, 15) is 5.11 Å². The van der Waals surface area contributed by atoms with E-state index < -0.39 is 0 Å². The molecular weight excluding hydrogens is 188 g/mol. The van der Waals surface area contributed by atoms with Crippen LogP contribution in [0.2, 0.25) is 0 Å². The third kappa shape index (κ3) is 1.13. The van der Waals surface area contributed by atoms with Gasteiger partial charge in [-0.2, -0.15) is 0 Å². The molecule has 2 aromatic heterocycles. The summed E-state index contributed by atoms with van der Waals surface area (Å²) in [6.07, 6.45) is 1.96. The molecule has 0 amide bonds. The van der Waals surface area contributed by atoms with Crippen molar-refractivity contribution >= 4 is 16.7 Å². The Balaban J connectivity index is 2.53. The molecule has 0 fully saturated rings. The van der Waals surface area contributed by atoms with Crippen LogP contribution in [0.15, 0.2) is 42.6 Å². The fourth-order valence-electron chi connectivity index (χ4n) is 1.87. The number of hydrogen-bond donors (Lipinski definition) is 1. The van der Waals surface area contributed by atoms with Gasteiger partial charge in [-0.05, 0) is 18.2 Å². The molecule has 0 aliphatic rings. The number of pyridine rings is 1. The van der Waals surface area contributed by atoms with Gasteiger partial charge in [-0.25, -0.2) is 4.98 Å². The largest absolute Gasteiger partial charge is 0.392 e. The highest BCUT2D eigenvalue weighted by atomic mass is 16.3. The van der Waals surface area contributed by atoms with Crippen LogP contribution in [0.1, 0.15) is 5.56 Å². The highest BCUT2D eigenvalue weighted by Crippen LogP contribution is 2.18. The van der Waals surface area contributed by atoms with Crippen molar-refractivity contribution in [3.63, 3.8) is 0 Å². The molecule has 3 nitrogen and oxygen atoms in total. The summed E-state index contributed by atoms with van der Waals surface area (Å²) >= 11 is 0. The van der Waals surface area contributed by atoms with E-state index in [1.807, 2.05) is 47.0 Å². The Hall–Kier alpha value is -1.87. The summed E-state index contributed by atoms with van der Waals surface area (Å²) in [5.41, 5.74) is 3.72. The van der Waals surface area contributed by atoms with Gasteiger partial charge in [0.2, 0.25) is 0 Å².